The highest BCUT2D eigenvalue weighted by atomic mass is 79.9. The van der Waals surface area contributed by atoms with E-state index in [1.807, 2.05) is 18.2 Å². The van der Waals surface area contributed by atoms with Crippen LogP contribution in [0.15, 0.2) is 27.3 Å². The fourth-order valence-electron chi connectivity index (χ4n) is 2.08. The minimum Gasteiger partial charge on any atom is -0.379 e. The van der Waals surface area contributed by atoms with Crippen molar-refractivity contribution in [2.45, 2.75) is 19.9 Å². The zero-order valence-corrected chi connectivity index (χ0v) is 11.9. The van der Waals surface area contributed by atoms with Gasteiger partial charge in [0.25, 0.3) is 0 Å². The summed E-state index contributed by atoms with van der Waals surface area (Å²) in [6, 6.07) is 5.98. The molecule has 0 aliphatic heterocycles. The summed E-state index contributed by atoms with van der Waals surface area (Å²) in [5.74, 6) is 0.945. The number of hydrogen-bond acceptors (Lipinski definition) is 5. The standard InChI is InChI=1S/C12H12BrN5O/c1-2-5-18-9-4-3-7(13)6-8(9)15-12(18)10-11(14)17-19-16-10/h3-4,6H,2,5H2,1H3,(H2,14,17). The number of rotatable bonds is 3. The molecule has 19 heavy (non-hydrogen) atoms. The van der Waals surface area contributed by atoms with Gasteiger partial charge in [-0.25, -0.2) is 9.61 Å². The second-order valence-electron chi connectivity index (χ2n) is 4.22. The Morgan fingerprint density at radius 2 is 2.21 bits per heavy atom. The second-order valence-corrected chi connectivity index (χ2v) is 5.13. The lowest BCUT2D eigenvalue weighted by atomic mass is 10.3. The van der Waals surface area contributed by atoms with E-state index in [-0.39, 0.29) is 5.82 Å². The predicted molar refractivity (Wildman–Crippen MR) is 75.4 cm³/mol. The van der Waals surface area contributed by atoms with E-state index < -0.39 is 0 Å². The van der Waals surface area contributed by atoms with Crippen molar-refractivity contribution in [3.8, 4) is 11.5 Å². The number of imidazole rings is 1. The third-order valence-corrected chi connectivity index (χ3v) is 3.38. The number of nitrogens with two attached hydrogens (primary N) is 1. The molecule has 2 aromatic heterocycles. The molecule has 0 atom stereocenters. The minimum atomic E-state index is 0.256. The van der Waals surface area contributed by atoms with Gasteiger partial charge >= 0.3 is 0 Å². The van der Waals surface area contributed by atoms with E-state index in [2.05, 4.69) is 47.3 Å². The highest BCUT2D eigenvalue weighted by Gasteiger charge is 2.18. The molecule has 3 rings (SSSR count). The summed E-state index contributed by atoms with van der Waals surface area (Å²) in [5, 5.41) is 7.45. The molecular weight excluding hydrogens is 310 g/mol. The van der Waals surface area contributed by atoms with Gasteiger partial charge in [0, 0.05) is 11.0 Å². The Morgan fingerprint density at radius 3 is 2.89 bits per heavy atom. The van der Waals surface area contributed by atoms with Crippen molar-refractivity contribution in [1.29, 1.82) is 0 Å². The maximum Gasteiger partial charge on any atom is 0.199 e. The van der Waals surface area contributed by atoms with Crippen LogP contribution < -0.4 is 5.73 Å². The minimum absolute atomic E-state index is 0.256. The quantitative estimate of drug-likeness (QED) is 0.802. The SMILES string of the molecule is CCCn1c(-c2nonc2N)nc2cc(Br)ccc21. The maximum atomic E-state index is 5.76. The molecule has 0 saturated carbocycles. The fourth-order valence-corrected chi connectivity index (χ4v) is 2.43. The molecule has 2 N–H and O–H groups in total. The molecule has 0 spiro atoms. The largest absolute Gasteiger partial charge is 0.379 e. The molecule has 98 valence electrons. The normalized spacial score (nSPS) is 11.3. The number of fused-ring (bicyclic) bond motifs is 1. The van der Waals surface area contributed by atoms with Gasteiger partial charge in [-0.1, -0.05) is 22.9 Å². The summed E-state index contributed by atoms with van der Waals surface area (Å²) in [6.45, 7) is 2.94. The first kappa shape index (κ1) is 12.2. The van der Waals surface area contributed by atoms with Crippen LogP contribution in [0.5, 0.6) is 0 Å². The van der Waals surface area contributed by atoms with Crippen LogP contribution in [0.4, 0.5) is 5.82 Å². The van der Waals surface area contributed by atoms with Crippen molar-refractivity contribution in [2.24, 2.45) is 0 Å². The maximum absolute atomic E-state index is 5.76. The van der Waals surface area contributed by atoms with Crippen LogP contribution in [-0.2, 0) is 6.54 Å². The van der Waals surface area contributed by atoms with Crippen LogP contribution in [0.2, 0.25) is 0 Å². The van der Waals surface area contributed by atoms with Gasteiger partial charge in [-0.05, 0) is 34.9 Å². The van der Waals surface area contributed by atoms with E-state index in [0.717, 1.165) is 28.5 Å². The summed E-state index contributed by atoms with van der Waals surface area (Å²) in [7, 11) is 0. The Bertz CT molecular complexity index is 733. The van der Waals surface area contributed by atoms with Crippen molar-refractivity contribution < 1.29 is 4.63 Å². The van der Waals surface area contributed by atoms with Gasteiger partial charge in [-0.15, -0.1) is 0 Å². The Labute approximate surface area is 117 Å². The first-order valence-electron chi connectivity index (χ1n) is 5.95. The van der Waals surface area contributed by atoms with Gasteiger partial charge in [0.05, 0.1) is 11.0 Å². The van der Waals surface area contributed by atoms with Gasteiger partial charge in [0.15, 0.2) is 17.3 Å². The number of aryl methyl sites for hydroxylation is 1. The smallest absolute Gasteiger partial charge is 0.199 e. The number of hydrogen-bond donors (Lipinski definition) is 1. The molecule has 7 heteroatoms. The van der Waals surface area contributed by atoms with Gasteiger partial charge < -0.3 is 10.3 Å². The van der Waals surface area contributed by atoms with E-state index in [1.54, 1.807) is 0 Å². The molecule has 0 aliphatic rings. The molecule has 2 heterocycles. The zero-order chi connectivity index (χ0) is 13.4. The highest BCUT2D eigenvalue weighted by Crippen LogP contribution is 2.28. The second kappa shape index (κ2) is 4.65. The van der Waals surface area contributed by atoms with Crippen LogP contribution in [-0.4, -0.2) is 19.9 Å². The third kappa shape index (κ3) is 1.99. The Morgan fingerprint density at radius 1 is 1.37 bits per heavy atom. The summed E-state index contributed by atoms with van der Waals surface area (Å²) in [5.41, 5.74) is 8.18. The van der Waals surface area contributed by atoms with Crippen molar-refractivity contribution in [1.82, 2.24) is 19.9 Å². The van der Waals surface area contributed by atoms with Crippen LogP contribution in [0.25, 0.3) is 22.6 Å². The first-order valence-corrected chi connectivity index (χ1v) is 6.74. The Balaban J connectivity index is 2.28. The van der Waals surface area contributed by atoms with Crippen LogP contribution >= 0.6 is 15.9 Å². The molecule has 0 unspecified atom stereocenters. The molecule has 0 bridgehead atoms. The monoisotopic (exact) mass is 321 g/mol. The molecule has 0 saturated heterocycles. The lowest BCUT2D eigenvalue weighted by molar-refractivity contribution is 0.310. The van der Waals surface area contributed by atoms with E-state index in [4.69, 9.17) is 5.73 Å². The van der Waals surface area contributed by atoms with Gasteiger partial charge in [-0.3, -0.25) is 0 Å². The lowest BCUT2D eigenvalue weighted by Crippen LogP contribution is -2.01. The topological polar surface area (TPSA) is 82.8 Å². The molecular formula is C12H12BrN5O. The number of aromatic nitrogens is 4. The van der Waals surface area contributed by atoms with E-state index in [9.17, 15) is 0 Å². The van der Waals surface area contributed by atoms with Crippen LogP contribution in [0, 0.1) is 0 Å². The zero-order valence-electron chi connectivity index (χ0n) is 10.3. The molecule has 3 aromatic rings. The lowest BCUT2D eigenvalue weighted by Gasteiger charge is -2.05. The van der Waals surface area contributed by atoms with Gasteiger partial charge in [0.2, 0.25) is 0 Å². The summed E-state index contributed by atoms with van der Waals surface area (Å²) in [4.78, 5) is 4.59. The molecule has 1 aromatic carbocycles. The predicted octanol–water partition coefficient (Wildman–Crippen LogP) is 2.84. The Hall–Kier alpha value is -1.89. The third-order valence-electron chi connectivity index (χ3n) is 2.88. The van der Waals surface area contributed by atoms with Crippen LogP contribution in [0.3, 0.4) is 0 Å². The van der Waals surface area contributed by atoms with Gasteiger partial charge in [0.1, 0.15) is 0 Å². The highest BCUT2D eigenvalue weighted by molar-refractivity contribution is 9.10. The number of anilines is 1. The fraction of sp³-hybridized carbons (Fsp3) is 0.250. The van der Waals surface area contributed by atoms with E-state index >= 15 is 0 Å². The van der Waals surface area contributed by atoms with Crippen molar-refractivity contribution in [3.63, 3.8) is 0 Å². The average Bonchev–Trinajstić information content (AvgIpc) is 2.94. The van der Waals surface area contributed by atoms with E-state index in [0.29, 0.717) is 11.5 Å². The van der Waals surface area contributed by atoms with Crippen LogP contribution in [0.1, 0.15) is 13.3 Å². The first-order chi connectivity index (χ1) is 9.20. The summed E-state index contributed by atoms with van der Waals surface area (Å²) in [6.07, 6.45) is 0.986. The van der Waals surface area contributed by atoms with Crippen molar-refractivity contribution in [2.75, 3.05) is 5.73 Å². The molecule has 6 nitrogen and oxygen atoms in total. The van der Waals surface area contributed by atoms with Crippen molar-refractivity contribution in [3.05, 3.63) is 22.7 Å². The summed E-state index contributed by atoms with van der Waals surface area (Å²) < 4.78 is 7.73. The molecule has 0 aliphatic carbocycles. The number of benzene rings is 1. The number of halogens is 1. The van der Waals surface area contributed by atoms with E-state index in [1.165, 1.54) is 0 Å². The summed E-state index contributed by atoms with van der Waals surface area (Å²) >= 11 is 3.45. The molecule has 0 fully saturated rings. The van der Waals surface area contributed by atoms with Crippen molar-refractivity contribution >= 4 is 32.8 Å². The Kier molecular flexibility index (Phi) is 2.98. The molecule has 0 radical (unpaired) electrons. The van der Waals surface area contributed by atoms with Gasteiger partial charge in [-0.2, -0.15) is 0 Å². The number of nitrogen functional groups attached to an aromatic ring is 1. The molecule has 0 amide bonds. The average molecular weight is 322 g/mol. The number of nitrogens with zero attached hydrogens (tertiary/aromatic N) is 4.